The van der Waals surface area contributed by atoms with E-state index in [0.29, 0.717) is 24.2 Å². The van der Waals surface area contributed by atoms with Gasteiger partial charge in [-0.1, -0.05) is 67.6 Å². The molecule has 0 bridgehead atoms. The Morgan fingerprint density at radius 2 is 1.58 bits per heavy atom. The van der Waals surface area contributed by atoms with E-state index in [1.54, 1.807) is 12.1 Å². The maximum absolute atomic E-state index is 14.2. The molecule has 1 fully saturated rings. The van der Waals surface area contributed by atoms with Gasteiger partial charge >= 0.3 is 0 Å². The predicted octanol–water partition coefficient (Wildman–Crippen LogP) is 8.48. The summed E-state index contributed by atoms with van der Waals surface area (Å²) in [4.78, 5) is 0. The standard InChI is InChI=1S/C31H37FO/c1-3-33-31-20-19-29(22-30(31)32)28-17-15-25(16-18-28)10-9-24-11-13-26(14-12-24)21-23(2)27-7-5-4-6-8-27/h4-8,11-14,19-20,22-23,25,28H,3,9-10,15-18,21H2,1-2H3/t23-,25?,28?/m1/s1. The normalized spacial score (nSPS) is 19.2. The van der Waals surface area contributed by atoms with E-state index in [2.05, 4.69) is 67.6 Å². The largest absolute Gasteiger partial charge is 0.491 e. The SMILES string of the molecule is CCOc1ccc(C2CCC(CCc3ccc(C[C@@H](C)c4ccccc4)cc3)CC2)cc1F. The first-order valence-corrected chi connectivity index (χ1v) is 12.7. The molecule has 0 amide bonds. The van der Waals surface area contributed by atoms with Crippen molar-refractivity contribution in [2.24, 2.45) is 5.92 Å². The molecule has 3 aromatic carbocycles. The topological polar surface area (TPSA) is 9.23 Å². The minimum Gasteiger partial charge on any atom is -0.491 e. The lowest BCUT2D eigenvalue weighted by atomic mass is 9.77. The molecule has 1 atom stereocenters. The van der Waals surface area contributed by atoms with Crippen LogP contribution in [0, 0.1) is 11.7 Å². The van der Waals surface area contributed by atoms with Gasteiger partial charge in [-0.15, -0.1) is 0 Å². The third-order valence-corrected chi connectivity index (χ3v) is 7.35. The lowest BCUT2D eigenvalue weighted by molar-refractivity contribution is 0.307. The molecule has 4 rings (SSSR count). The summed E-state index contributed by atoms with van der Waals surface area (Å²) in [5.74, 6) is 1.95. The second-order valence-electron chi connectivity index (χ2n) is 9.71. The minimum absolute atomic E-state index is 0.224. The van der Waals surface area contributed by atoms with Gasteiger partial charge in [-0.3, -0.25) is 0 Å². The molecule has 1 saturated carbocycles. The van der Waals surface area contributed by atoms with E-state index in [0.717, 1.165) is 37.2 Å². The Balaban J connectivity index is 1.22. The Labute approximate surface area is 199 Å². The highest BCUT2D eigenvalue weighted by molar-refractivity contribution is 5.32. The Morgan fingerprint density at radius 1 is 0.879 bits per heavy atom. The van der Waals surface area contributed by atoms with E-state index in [-0.39, 0.29) is 5.82 Å². The third-order valence-electron chi connectivity index (χ3n) is 7.35. The number of rotatable bonds is 9. The number of benzene rings is 3. The van der Waals surface area contributed by atoms with Gasteiger partial charge in [0.1, 0.15) is 0 Å². The highest BCUT2D eigenvalue weighted by atomic mass is 19.1. The Morgan fingerprint density at radius 3 is 2.24 bits per heavy atom. The van der Waals surface area contributed by atoms with Crippen LogP contribution in [-0.4, -0.2) is 6.61 Å². The molecule has 2 heteroatoms. The molecule has 0 spiro atoms. The van der Waals surface area contributed by atoms with Gasteiger partial charge in [-0.2, -0.15) is 0 Å². The van der Waals surface area contributed by atoms with Crippen molar-refractivity contribution in [3.8, 4) is 5.75 Å². The van der Waals surface area contributed by atoms with Crippen molar-refractivity contribution < 1.29 is 9.13 Å². The fourth-order valence-electron chi connectivity index (χ4n) is 5.29. The number of hydrogen-bond acceptors (Lipinski definition) is 1. The molecule has 3 aromatic rings. The van der Waals surface area contributed by atoms with E-state index in [4.69, 9.17) is 4.74 Å². The second-order valence-corrected chi connectivity index (χ2v) is 9.71. The van der Waals surface area contributed by atoms with Crippen molar-refractivity contribution in [1.82, 2.24) is 0 Å². The summed E-state index contributed by atoms with van der Waals surface area (Å²) in [5.41, 5.74) is 5.40. The minimum atomic E-state index is -0.224. The Bertz CT molecular complexity index is 987. The average Bonchev–Trinajstić information content (AvgIpc) is 2.86. The van der Waals surface area contributed by atoms with Crippen molar-refractivity contribution in [2.45, 2.75) is 70.6 Å². The van der Waals surface area contributed by atoms with Gasteiger partial charge < -0.3 is 4.74 Å². The van der Waals surface area contributed by atoms with Crippen LogP contribution < -0.4 is 4.74 Å². The van der Waals surface area contributed by atoms with Crippen molar-refractivity contribution in [1.29, 1.82) is 0 Å². The molecule has 0 aliphatic heterocycles. The molecule has 1 aliphatic carbocycles. The molecule has 0 unspecified atom stereocenters. The molecule has 0 N–H and O–H groups in total. The van der Waals surface area contributed by atoms with Crippen LogP contribution in [0.2, 0.25) is 0 Å². The van der Waals surface area contributed by atoms with Gasteiger partial charge in [0, 0.05) is 0 Å². The number of aryl methyl sites for hydroxylation is 1. The van der Waals surface area contributed by atoms with E-state index < -0.39 is 0 Å². The quantitative estimate of drug-likeness (QED) is 0.321. The van der Waals surface area contributed by atoms with Gasteiger partial charge in [0.15, 0.2) is 11.6 Å². The van der Waals surface area contributed by atoms with E-state index in [1.165, 1.54) is 36.0 Å². The van der Waals surface area contributed by atoms with E-state index in [9.17, 15) is 4.39 Å². The monoisotopic (exact) mass is 444 g/mol. The highest BCUT2D eigenvalue weighted by Crippen LogP contribution is 2.38. The molecule has 33 heavy (non-hydrogen) atoms. The first kappa shape index (κ1) is 23.5. The van der Waals surface area contributed by atoms with Crippen LogP contribution in [0.15, 0.2) is 72.8 Å². The first-order chi connectivity index (χ1) is 16.1. The van der Waals surface area contributed by atoms with Gasteiger partial charge in [-0.05, 0) is 104 Å². The van der Waals surface area contributed by atoms with E-state index >= 15 is 0 Å². The van der Waals surface area contributed by atoms with Gasteiger partial charge in [0.25, 0.3) is 0 Å². The summed E-state index contributed by atoms with van der Waals surface area (Å²) in [5, 5.41) is 0. The summed E-state index contributed by atoms with van der Waals surface area (Å²) in [7, 11) is 0. The van der Waals surface area contributed by atoms with Crippen molar-refractivity contribution in [3.05, 3.63) is 101 Å². The zero-order valence-corrected chi connectivity index (χ0v) is 20.1. The molecule has 0 radical (unpaired) electrons. The molecule has 0 aromatic heterocycles. The zero-order valence-electron chi connectivity index (χ0n) is 20.1. The van der Waals surface area contributed by atoms with Crippen molar-refractivity contribution in [3.63, 3.8) is 0 Å². The number of ether oxygens (including phenoxy) is 1. The van der Waals surface area contributed by atoms with Crippen LogP contribution in [0.3, 0.4) is 0 Å². The van der Waals surface area contributed by atoms with Crippen LogP contribution in [0.5, 0.6) is 5.75 Å². The molecule has 1 nitrogen and oxygen atoms in total. The van der Waals surface area contributed by atoms with Gasteiger partial charge in [0.05, 0.1) is 6.61 Å². The maximum Gasteiger partial charge on any atom is 0.165 e. The second kappa shape index (κ2) is 11.5. The van der Waals surface area contributed by atoms with Crippen LogP contribution in [-0.2, 0) is 12.8 Å². The lowest BCUT2D eigenvalue weighted by Crippen LogP contribution is -2.14. The van der Waals surface area contributed by atoms with Crippen LogP contribution >= 0.6 is 0 Å². The predicted molar refractivity (Wildman–Crippen MR) is 136 cm³/mol. The van der Waals surface area contributed by atoms with Crippen molar-refractivity contribution in [2.75, 3.05) is 6.61 Å². The first-order valence-electron chi connectivity index (χ1n) is 12.7. The van der Waals surface area contributed by atoms with Crippen LogP contribution in [0.25, 0.3) is 0 Å². The summed E-state index contributed by atoms with van der Waals surface area (Å²) in [6.07, 6.45) is 8.30. The zero-order chi connectivity index (χ0) is 23.0. The molecular weight excluding hydrogens is 407 g/mol. The fraction of sp³-hybridized carbons (Fsp3) is 0.419. The molecule has 0 heterocycles. The van der Waals surface area contributed by atoms with Crippen molar-refractivity contribution >= 4 is 0 Å². The lowest BCUT2D eigenvalue weighted by Gasteiger charge is -2.29. The van der Waals surface area contributed by atoms with Gasteiger partial charge in [-0.25, -0.2) is 4.39 Å². The number of hydrogen-bond donors (Lipinski definition) is 0. The van der Waals surface area contributed by atoms with Crippen LogP contribution in [0.1, 0.15) is 80.0 Å². The van der Waals surface area contributed by atoms with Gasteiger partial charge in [0.2, 0.25) is 0 Å². The van der Waals surface area contributed by atoms with E-state index in [1.807, 2.05) is 6.92 Å². The molecular formula is C31H37FO. The molecule has 0 saturated heterocycles. The third kappa shape index (κ3) is 6.47. The van der Waals surface area contributed by atoms with Crippen LogP contribution in [0.4, 0.5) is 4.39 Å². The smallest absolute Gasteiger partial charge is 0.165 e. The highest BCUT2D eigenvalue weighted by Gasteiger charge is 2.23. The summed E-state index contributed by atoms with van der Waals surface area (Å²) >= 11 is 0. The maximum atomic E-state index is 14.2. The summed E-state index contributed by atoms with van der Waals surface area (Å²) in [6.45, 7) is 4.69. The average molecular weight is 445 g/mol. The molecule has 1 aliphatic rings. The summed E-state index contributed by atoms with van der Waals surface area (Å²) < 4.78 is 19.6. The number of halogens is 1. The Hall–Kier alpha value is -2.61. The molecule has 174 valence electrons. The summed E-state index contributed by atoms with van der Waals surface area (Å²) in [6, 6.07) is 25.6. The fourth-order valence-corrected chi connectivity index (χ4v) is 5.29. The Kier molecular flexibility index (Phi) is 8.20.